The lowest BCUT2D eigenvalue weighted by Crippen LogP contribution is -2.17. The number of benzene rings is 1. The number of carbonyl (C=O) groups excluding carboxylic acids is 1. The fourth-order valence-corrected chi connectivity index (χ4v) is 3.13. The predicted octanol–water partition coefficient (Wildman–Crippen LogP) is 3.64. The number of methoxy groups -OCH3 is 1. The van der Waals surface area contributed by atoms with Crippen LogP contribution >= 0.6 is 24.0 Å². The third-order valence-corrected chi connectivity index (χ3v) is 4.65. The van der Waals surface area contributed by atoms with Gasteiger partial charge < -0.3 is 15.0 Å². The van der Waals surface area contributed by atoms with Crippen molar-refractivity contribution in [2.45, 2.75) is 13.8 Å². The minimum Gasteiger partial charge on any atom is -0.497 e. The van der Waals surface area contributed by atoms with Gasteiger partial charge in [0.2, 0.25) is 0 Å². The van der Waals surface area contributed by atoms with Gasteiger partial charge in [-0.25, -0.2) is 0 Å². The standard InChI is InChI=1S/C17H19N3O3S2/c1-4-14(19-15-10(2)18-17(24)20-16(15)22)25-9-13(21)11-6-5-7-12(8-11)23-3/h4-8,19H,9H2,1-3H3,(H2,18,20,22,24)/b14-4+. The maximum Gasteiger partial charge on any atom is 0.275 e. The lowest BCUT2D eigenvalue weighted by Gasteiger charge is -2.11. The quantitative estimate of drug-likeness (QED) is 0.504. The Labute approximate surface area is 154 Å². The number of allylic oxidation sites excluding steroid dienone is 1. The minimum absolute atomic E-state index is 0.0249. The summed E-state index contributed by atoms with van der Waals surface area (Å²) in [6.07, 6.45) is 1.81. The highest BCUT2D eigenvalue weighted by Crippen LogP contribution is 2.21. The van der Waals surface area contributed by atoms with Gasteiger partial charge in [-0.2, -0.15) is 0 Å². The number of thioether (sulfide) groups is 1. The van der Waals surface area contributed by atoms with E-state index in [1.54, 1.807) is 38.3 Å². The normalized spacial score (nSPS) is 11.2. The van der Waals surface area contributed by atoms with Gasteiger partial charge in [0.25, 0.3) is 5.56 Å². The van der Waals surface area contributed by atoms with E-state index in [1.807, 2.05) is 13.0 Å². The van der Waals surface area contributed by atoms with Crippen LogP contribution in [0, 0.1) is 11.7 Å². The summed E-state index contributed by atoms with van der Waals surface area (Å²) in [4.78, 5) is 29.8. The molecule has 0 atom stereocenters. The van der Waals surface area contributed by atoms with Crippen LogP contribution < -0.4 is 15.6 Å². The highest BCUT2D eigenvalue weighted by atomic mass is 32.2. The zero-order chi connectivity index (χ0) is 18.4. The fourth-order valence-electron chi connectivity index (χ4n) is 2.09. The molecule has 0 aliphatic heterocycles. The number of hydrogen-bond acceptors (Lipinski definition) is 6. The molecule has 6 nitrogen and oxygen atoms in total. The number of rotatable bonds is 7. The molecule has 1 aromatic heterocycles. The minimum atomic E-state index is -0.305. The third-order valence-electron chi connectivity index (χ3n) is 3.39. The number of aromatic amines is 2. The first-order valence-corrected chi connectivity index (χ1v) is 8.90. The van der Waals surface area contributed by atoms with Gasteiger partial charge >= 0.3 is 0 Å². The SMILES string of the molecule is C/C=C(\Nc1c(C)[nH]c(=S)[nH]c1=O)SCC(=O)c1cccc(OC)c1. The van der Waals surface area contributed by atoms with E-state index in [4.69, 9.17) is 17.0 Å². The molecule has 1 heterocycles. The molecule has 0 aliphatic carbocycles. The first kappa shape index (κ1) is 19.0. The van der Waals surface area contributed by atoms with Gasteiger partial charge in [-0.1, -0.05) is 18.2 Å². The Morgan fingerprint density at radius 2 is 2.16 bits per heavy atom. The zero-order valence-electron chi connectivity index (χ0n) is 14.1. The van der Waals surface area contributed by atoms with Gasteiger partial charge in [0.1, 0.15) is 11.4 Å². The van der Waals surface area contributed by atoms with Crippen molar-refractivity contribution in [2.24, 2.45) is 0 Å². The zero-order valence-corrected chi connectivity index (χ0v) is 15.8. The van der Waals surface area contributed by atoms with Crippen LogP contribution in [-0.4, -0.2) is 28.6 Å². The molecule has 0 fully saturated rings. The highest BCUT2D eigenvalue weighted by Gasteiger charge is 2.11. The summed E-state index contributed by atoms with van der Waals surface area (Å²) in [5.41, 5.74) is 1.29. The Morgan fingerprint density at radius 3 is 2.80 bits per heavy atom. The van der Waals surface area contributed by atoms with E-state index in [0.29, 0.717) is 27.7 Å². The van der Waals surface area contributed by atoms with Crippen molar-refractivity contribution in [1.82, 2.24) is 9.97 Å². The molecule has 2 aromatic rings. The Bertz CT molecular complexity index is 916. The molecule has 0 bridgehead atoms. The average molecular weight is 377 g/mol. The molecule has 0 saturated carbocycles. The van der Waals surface area contributed by atoms with Crippen molar-refractivity contribution in [1.29, 1.82) is 0 Å². The van der Waals surface area contributed by atoms with Crippen LogP contribution in [0.2, 0.25) is 0 Å². The molecule has 1 aromatic carbocycles. The summed E-state index contributed by atoms with van der Waals surface area (Å²) < 4.78 is 5.41. The van der Waals surface area contributed by atoms with Crippen LogP contribution in [-0.2, 0) is 0 Å². The van der Waals surface area contributed by atoms with E-state index in [2.05, 4.69) is 15.3 Å². The van der Waals surface area contributed by atoms with E-state index in [-0.39, 0.29) is 21.9 Å². The van der Waals surface area contributed by atoms with Crippen LogP contribution in [0.4, 0.5) is 5.69 Å². The van der Waals surface area contributed by atoms with Crippen molar-refractivity contribution >= 4 is 35.5 Å². The lowest BCUT2D eigenvalue weighted by atomic mass is 10.1. The molecule has 8 heteroatoms. The summed E-state index contributed by atoms with van der Waals surface area (Å²) in [6.45, 7) is 3.59. The lowest BCUT2D eigenvalue weighted by molar-refractivity contribution is 0.102. The van der Waals surface area contributed by atoms with Gasteiger partial charge in [-0.3, -0.25) is 14.6 Å². The Hall–Kier alpha value is -2.32. The number of ether oxygens (including phenoxy) is 1. The first-order valence-electron chi connectivity index (χ1n) is 7.51. The van der Waals surface area contributed by atoms with Crippen LogP contribution in [0.5, 0.6) is 5.75 Å². The molecular formula is C17H19N3O3S2. The summed E-state index contributed by atoms with van der Waals surface area (Å²) in [5, 5.41) is 3.75. The number of aryl methyl sites for hydroxylation is 1. The number of nitrogens with one attached hydrogen (secondary N) is 3. The van der Waals surface area contributed by atoms with E-state index in [9.17, 15) is 9.59 Å². The Kier molecular flexibility index (Phi) is 6.60. The Balaban J connectivity index is 2.07. The summed E-state index contributed by atoms with van der Waals surface area (Å²) in [6, 6.07) is 7.02. The monoisotopic (exact) mass is 377 g/mol. The molecule has 2 rings (SSSR count). The van der Waals surface area contributed by atoms with Crippen molar-refractivity contribution in [3.05, 3.63) is 61.8 Å². The van der Waals surface area contributed by atoms with Crippen LogP contribution in [0.25, 0.3) is 0 Å². The summed E-state index contributed by atoms with van der Waals surface area (Å²) in [5.74, 6) is 0.852. The number of anilines is 1. The molecule has 132 valence electrons. The van der Waals surface area contributed by atoms with E-state index in [1.165, 1.54) is 11.8 Å². The van der Waals surface area contributed by atoms with Gasteiger partial charge in [-0.05, 0) is 38.2 Å². The molecule has 0 unspecified atom stereocenters. The van der Waals surface area contributed by atoms with E-state index < -0.39 is 0 Å². The number of H-pyrrole nitrogens is 2. The summed E-state index contributed by atoms with van der Waals surface area (Å²) >= 11 is 6.26. The maximum atomic E-state index is 12.3. The number of carbonyl (C=O) groups is 1. The fraction of sp³-hybridized carbons (Fsp3) is 0.235. The van der Waals surface area contributed by atoms with Crippen molar-refractivity contribution in [2.75, 3.05) is 18.2 Å². The number of aromatic nitrogens is 2. The largest absolute Gasteiger partial charge is 0.497 e. The van der Waals surface area contributed by atoms with Gasteiger partial charge in [-0.15, -0.1) is 11.8 Å². The molecule has 0 saturated heterocycles. The second kappa shape index (κ2) is 8.68. The van der Waals surface area contributed by atoms with Crippen LogP contribution in [0.3, 0.4) is 0 Å². The van der Waals surface area contributed by atoms with Crippen molar-refractivity contribution in [3.8, 4) is 5.75 Å². The number of ketones is 1. The third kappa shape index (κ3) is 5.07. The topological polar surface area (TPSA) is 87.0 Å². The van der Waals surface area contributed by atoms with Crippen molar-refractivity contribution < 1.29 is 9.53 Å². The van der Waals surface area contributed by atoms with E-state index in [0.717, 1.165) is 0 Å². The first-order chi connectivity index (χ1) is 11.9. The molecule has 0 radical (unpaired) electrons. The predicted molar refractivity (Wildman–Crippen MR) is 104 cm³/mol. The second-order valence-corrected chi connectivity index (χ2v) is 6.56. The number of hydrogen-bond donors (Lipinski definition) is 3. The molecule has 0 amide bonds. The molecular weight excluding hydrogens is 358 g/mol. The highest BCUT2D eigenvalue weighted by molar-refractivity contribution is 8.03. The van der Waals surface area contributed by atoms with Gasteiger partial charge in [0.15, 0.2) is 10.6 Å². The molecule has 0 aliphatic rings. The smallest absolute Gasteiger partial charge is 0.275 e. The van der Waals surface area contributed by atoms with Crippen LogP contribution in [0.15, 0.2) is 40.2 Å². The van der Waals surface area contributed by atoms with Crippen molar-refractivity contribution in [3.63, 3.8) is 0 Å². The van der Waals surface area contributed by atoms with Gasteiger partial charge in [0.05, 0.1) is 17.9 Å². The molecule has 25 heavy (non-hydrogen) atoms. The second-order valence-electron chi connectivity index (χ2n) is 5.13. The Morgan fingerprint density at radius 1 is 1.40 bits per heavy atom. The molecule has 3 N–H and O–H groups in total. The number of Topliss-reactive ketones (excluding diaryl/α,β-unsaturated/α-hetero) is 1. The average Bonchev–Trinajstić information content (AvgIpc) is 2.60. The summed E-state index contributed by atoms with van der Waals surface area (Å²) in [7, 11) is 1.56. The maximum absolute atomic E-state index is 12.3. The van der Waals surface area contributed by atoms with E-state index >= 15 is 0 Å². The molecule has 0 spiro atoms. The van der Waals surface area contributed by atoms with Gasteiger partial charge in [0, 0.05) is 11.3 Å². The van der Waals surface area contributed by atoms with Crippen LogP contribution in [0.1, 0.15) is 23.0 Å².